The maximum absolute atomic E-state index is 13.8. The van der Waals surface area contributed by atoms with E-state index < -0.39 is 28.1 Å². The SMILES string of the molecule is O=C1c2oc3ccc(F)cc3c(=O)c2C(c2cccc([N+](=O)[O-])c2)N1Cc1ccccc1. The summed E-state index contributed by atoms with van der Waals surface area (Å²) in [5.74, 6) is -1.26. The number of non-ortho nitro benzene ring substituents is 1. The summed E-state index contributed by atoms with van der Waals surface area (Å²) in [6, 6.07) is 17.6. The van der Waals surface area contributed by atoms with Gasteiger partial charge in [0.15, 0.2) is 5.43 Å². The van der Waals surface area contributed by atoms with E-state index >= 15 is 0 Å². The van der Waals surface area contributed by atoms with Crippen molar-refractivity contribution in [2.45, 2.75) is 12.6 Å². The number of halogens is 1. The third-order valence-corrected chi connectivity index (χ3v) is 5.52. The van der Waals surface area contributed by atoms with E-state index in [1.807, 2.05) is 30.3 Å². The van der Waals surface area contributed by atoms with E-state index in [1.54, 1.807) is 6.07 Å². The van der Waals surface area contributed by atoms with Gasteiger partial charge in [0.2, 0.25) is 5.76 Å². The Bertz CT molecular complexity index is 1450. The van der Waals surface area contributed by atoms with Crippen molar-refractivity contribution < 1.29 is 18.5 Å². The molecule has 0 N–H and O–H groups in total. The molecule has 7 nitrogen and oxygen atoms in total. The molecule has 1 aromatic heterocycles. The molecule has 1 aliphatic rings. The van der Waals surface area contributed by atoms with Gasteiger partial charge in [-0.2, -0.15) is 0 Å². The summed E-state index contributed by atoms with van der Waals surface area (Å²) in [7, 11) is 0. The number of nitrogens with zero attached hydrogens (tertiary/aromatic N) is 2. The Labute approximate surface area is 180 Å². The molecule has 0 radical (unpaired) electrons. The van der Waals surface area contributed by atoms with E-state index in [-0.39, 0.29) is 34.5 Å². The molecule has 0 fully saturated rings. The molecule has 0 bridgehead atoms. The second-order valence-electron chi connectivity index (χ2n) is 7.49. The van der Waals surface area contributed by atoms with Gasteiger partial charge >= 0.3 is 0 Å². The summed E-state index contributed by atoms with van der Waals surface area (Å²) in [4.78, 5) is 39.0. The highest BCUT2D eigenvalue weighted by atomic mass is 19.1. The van der Waals surface area contributed by atoms with Crippen LogP contribution in [0.1, 0.15) is 33.3 Å². The van der Waals surface area contributed by atoms with E-state index in [9.17, 15) is 24.1 Å². The lowest BCUT2D eigenvalue weighted by Crippen LogP contribution is -2.29. The molecule has 0 saturated heterocycles. The summed E-state index contributed by atoms with van der Waals surface area (Å²) in [6.07, 6.45) is 0. The van der Waals surface area contributed by atoms with Crippen LogP contribution in [-0.4, -0.2) is 15.7 Å². The van der Waals surface area contributed by atoms with Crippen LogP contribution in [-0.2, 0) is 6.54 Å². The molecule has 5 rings (SSSR count). The number of fused-ring (bicyclic) bond motifs is 2. The van der Waals surface area contributed by atoms with Crippen LogP contribution in [0.4, 0.5) is 10.1 Å². The van der Waals surface area contributed by atoms with Gasteiger partial charge in [-0.1, -0.05) is 42.5 Å². The number of carbonyl (C=O) groups is 1. The largest absolute Gasteiger partial charge is 0.450 e. The van der Waals surface area contributed by atoms with Gasteiger partial charge in [-0.25, -0.2) is 4.39 Å². The number of hydrogen-bond donors (Lipinski definition) is 0. The van der Waals surface area contributed by atoms with Crippen molar-refractivity contribution in [1.82, 2.24) is 4.90 Å². The highest BCUT2D eigenvalue weighted by molar-refractivity contribution is 5.99. The zero-order valence-electron chi connectivity index (χ0n) is 16.5. The van der Waals surface area contributed by atoms with E-state index in [4.69, 9.17) is 4.42 Å². The maximum atomic E-state index is 13.8. The number of nitro groups is 1. The van der Waals surface area contributed by atoms with Gasteiger partial charge in [0.05, 0.1) is 21.9 Å². The zero-order valence-corrected chi connectivity index (χ0v) is 16.5. The predicted molar refractivity (Wildman–Crippen MR) is 114 cm³/mol. The summed E-state index contributed by atoms with van der Waals surface area (Å²) in [5, 5.41) is 11.3. The Kier molecular flexibility index (Phi) is 4.55. The van der Waals surface area contributed by atoms with Gasteiger partial charge in [0.1, 0.15) is 11.4 Å². The Balaban J connectivity index is 1.75. The smallest absolute Gasteiger partial charge is 0.291 e. The maximum Gasteiger partial charge on any atom is 0.291 e. The molecule has 1 aliphatic heterocycles. The topological polar surface area (TPSA) is 93.7 Å². The minimum atomic E-state index is -0.915. The Morgan fingerprint density at radius 3 is 2.53 bits per heavy atom. The highest BCUT2D eigenvalue weighted by Gasteiger charge is 2.43. The van der Waals surface area contributed by atoms with Crippen LogP contribution in [0.3, 0.4) is 0 Å². The first-order chi connectivity index (χ1) is 15.4. The van der Waals surface area contributed by atoms with E-state index in [0.29, 0.717) is 5.56 Å². The van der Waals surface area contributed by atoms with Gasteiger partial charge in [-0.15, -0.1) is 0 Å². The predicted octanol–water partition coefficient (Wildman–Crippen LogP) is 4.59. The number of benzene rings is 3. The van der Waals surface area contributed by atoms with Crippen LogP contribution in [0.5, 0.6) is 0 Å². The van der Waals surface area contributed by atoms with E-state index in [0.717, 1.165) is 17.7 Å². The monoisotopic (exact) mass is 430 g/mol. The molecule has 1 amide bonds. The van der Waals surface area contributed by atoms with Crippen molar-refractivity contribution in [3.05, 3.63) is 121 Å². The molecule has 0 saturated carbocycles. The van der Waals surface area contributed by atoms with Crippen molar-refractivity contribution in [2.75, 3.05) is 0 Å². The molecule has 32 heavy (non-hydrogen) atoms. The van der Waals surface area contributed by atoms with Gasteiger partial charge in [0.25, 0.3) is 11.6 Å². The van der Waals surface area contributed by atoms with E-state index in [2.05, 4.69) is 0 Å². The summed E-state index contributed by atoms with van der Waals surface area (Å²) in [6.45, 7) is 0.154. The number of nitro benzene ring substituents is 1. The molecular formula is C24H15FN2O5. The lowest BCUT2D eigenvalue weighted by Gasteiger charge is -2.25. The zero-order chi connectivity index (χ0) is 22.4. The third-order valence-electron chi connectivity index (χ3n) is 5.52. The Morgan fingerprint density at radius 1 is 1.00 bits per heavy atom. The van der Waals surface area contributed by atoms with E-state index in [1.165, 1.54) is 29.2 Å². The van der Waals surface area contributed by atoms with Crippen molar-refractivity contribution in [1.29, 1.82) is 0 Å². The van der Waals surface area contributed by atoms with Crippen LogP contribution in [0.15, 0.2) is 82.0 Å². The molecule has 8 heteroatoms. The second kappa shape index (κ2) is 7.42. The lowest BCUT2D eigenvalue weighted by molar-refractivity contribution is -0.384. The average Bonchev–Trinajstić information content (AvgIpc) is 3.07. The van der Waals surface area contributed by atoms with Crippen LogP contribution in [0.25, 0.3) is 11.0 Å². The molecule has 3 aromatic carbocycles. The minimum Gasteiger partial charge on any atom is -0.450 e. The molecule has 0 aliphatic carbocycles. The molecule has 4 aromatic rings. The standard InChI is InChI=1S/C24H15FN2O5/c25-16-9-10-19-18(12-16)22(28)20-21(15-7-4-8-17(11-15)27(30)31)26(24(29)23(20)32-19)13-14-5-2-1-3-6-14/h1-12,21H,13H2. The molecule has 0 spiro atoms. The first kappa shape index (κ1) is 19.6. The average molecular weight is 430 g/mol. The normalized spacial score (nSPS) is 15.2. The first-order valence-electron chi connectivity index (χ1n) is 9.79. The second-order valence-corrected chi connectivity index (χ2v) is 7.49. The quantitative estimate of drug-likeness (QED) is 0.349. The van der Waals surface area contributed by atoms with Crippen LogP contribution in [0, 0.1) is 15.9 Å². The Morgan fingerprint density at radius 2 is 1.78 bits per heavy atom. The fraction of sp³-hybridized carbons (Fsp3) is 0.0833. The minimum absolute atomic E-state index is 0.00791. The van der Waals surface area contributed by atoms with Crippen LogP contribution >= 0.6 is 0 Å². The van der Waals surface area contributed by atoms with Gasteiger partial charge in [0, 0.05) is 18.7 Å². The number of hydrogen-bond acceptors (Lipinski definition) is 5. The first-order valence-corrected chi connectivity index (χ1v) is 9.79. The van der Waals surface area contributed by atoms with Gasteiger partial charge < -0.3 is 9.32 Å². The highest BCUT2D eigenvalue weighted by Crippen LogP contribution is 2.40. The number of carbonyl (C=O) groups excluding carboxylic acids is 1. The summed E-state index contributed by atoms with van der Waals surface area (Å²) in [5.41, 5.74) is 0.644. The van der Waals surface area contributed by atoms with Crippen LogP contribution in [0.2, 0.25) is 0 Å². The third kappa shape index (κ3) is 3.13. The molecule has 1 unspecified atom stereocenters. The van der Waals surface area contributed by atoms with Crippen molar-refractivity contribution in [3.63, 3.8) is 0 Å². The molecule has 2 heterocycles. The number of rotatable bonds is 4. The van der Waals surface area contributed by atoms with Gasteiger partial charge in [-0.3, -0.25) is 19.7 Å². The molecular weight excluding hydrogens is 415 g/mol. The van der Waals surface area contributed by atoms with Crippen molar-refractivity contribution >= 4 is 22.6 Å². The van der Waals surface area contributed by atoms with Crippen molar-refractivity contribution in [2.24, 2.45) is 0 Å². The lowest BCUT2D eigenvalue weighted by atomic mass is 9.98. The van der Waals surface area contributed by atoms with Crippen molar-refractivity contribution in [3.8, 4) is 0 Å². The van der Waals surface area contributed by atoms with Gasteiger partial charge in [-0.05, 0) is 29.3 Å². The molecule has 1 atom stereocenters. The number of amides is 1. The van der Waals surface area contributed by atoms with Crippen LogP contribution < -0.4 is 5.43 Å². The Hall–Kier alpha value is -4.33. The molecule has 158 valence electrons. The fourth-order valence-corrected chi connectivity index (χ4v) is 4.09. The fourth-order valence-electron chi connectivity index (χ4n) is 4.09. The summed E-state index contributed by atoms with van der Waals surface area (Å²) < 4.78 is 19.6. The summed E-state index contributed by atoms with van der Waals surface area (Å²) >= 11 is 0.